The molecule has 1 amide bonds. The monoisotopic (exact) mass is 402 g/mol. The lowest BCUT2D eigenvalue weighted by atomic mass is 10.1. The van der Waals surface area contributed by atoms with Crippen molar-refractivity contribution >= 4 is 22.6 Å². The first-order valence-corrected chi connectivity index (χ1v) is 9.64. The number of nitrogens with two attached hydrogens (primary N) is 1. The number of amides is 1. The van der Waals surface area contributed by atoms with Crippen LogP contribution in [-0.4, -0.2) is 23.0 Å². The Balaban J connectivity index is 1.44. The molecule has 0 fully saturated rings. The second-order valence-electron chi connectivity index (χ2n) is 6.88. The highest BCUT2D eigenvalue weighted by Gasteiger charge is 2.18. The van der Waals surface area contributed by atoms with Gasteiger partial charge in [0.2, 0.25) is 5.89 Å². The van der Waals surface area contributed by atoms with Crippen LogP contribution < -0.4 is 15.8 Å². The molecular weight excluding hydrogens is 380 g/mol. The van der Waals surface area contributed by atoms with Gasteiger partial charge in [-0.05, 0) is 30.5 Å². The zero-order chi connectivity index (χ0) is 20.9. The van der Waals surface area contributed by atoms with Gasteiger partial charge in [0.1, 0.15) is 17.8 Å². The van der Waals surface area contributed by atoms with Crippen LogP contribution >= 0.6 is 0 Å². The number of pyridine rings is 1. The first-order chi connectivity index (χ1) is 14.6. The van der Waals surface area contributed by atoms with Gasteiger partial charge in [0.15, 0.2) is 5.69 Å². The Bertz CT molecular complexity index is 1160. The normalized spacial score (nSPS) is 11.9. The summed E-state index contributed by atoms with van der Waals surface area (Å²) in [5.74, 6) is 0.901. The molecule has 0 aliphatic carbocycles. The quantitative estimate of drug-likeness (QED) is 0.482. The Labute approximate surface area is 173 Å². The van der Waals surface area contributed by atoms with Crippen molar-refractivity contribution in [3.8, 4) is 5.75 Å². The van der Waals surface area contributed by atoms with Crippen molar-refractivity contribution in [2.75, 3.05) is 12.4 Å². The first kappa shape index (κ1) is 19.6. The van der Waals surface area contributed by atoms with Crippen LogP contribution in [0.5, 0.6) is 5.75 Å². The number of oxazole rings is 1. The summed E-state index contributed by atoms with van der Waals surface area (Å²) < 4.78 is 10.9. The summed E-state index contributed by atoms with van der Waals surface area (Å²) in [7, 11) is 1.58. The number of para-hydroxylation sites is 1. The van der Waals surface area contributed by atoms with Gasteiger partial charge >= 0.3 is 0 Å². The smallest absolute Gasteiger partial charge is 0.278 e. The number of anilines is 1. The minimum Gasteiger partial charge on any atom is -0.496 e. The topological polar surface area (TPSA) is 103 Å². The van der Waals surface area contributed by atoms with Crippen LogP contribution in [0.4, 0.5) is 5.82 Å². The number of benzene rings is 2. The van der Waals surface area contributed by atoms with Crippen molar-refractivity contribution in [1.82, 2.24) is 9.97 Å². The molecule has 7 heteroatoms. The number of hydrogen-bond donors (Lipinski definition) is 2. The van der Waals surface area contributed by atoms with Crippen LogP contribution in [0.25, 0.3) is 10.9 Å². The maximum absolute atomic E-state index is 12.6. The number of rotatable bonds is 7. The second kappa shape index (κ2) is 8.75. The predicted molar refractivity (Wildman–Crippen MR) is 114 cm³/mol. The predicted octanol–water partition coefficient (Wildman–Crippen LogP) is 4.12. The average molecular weight is 402 g/mol. The van der Waals surface area contributed by atoms with E-state index >= 15 is 0 Å². The minimum absolute atomic E-state index is 0.147. The zero-order valence-corrected chi connectivity index (χ0v) is 16.5. The summed E-state index contributed by atoms with van der Waals surface area (Å²) in [6.45, 7) is 0. The van der Waals surface area contributed by atoms with E-state index in [1.165, 1.54) is 11.8 Å². The van der Waals surface area contributed by atoms with Crippen LogP contribution in [0.3, 0.4) is 0 Å². The molecule has 30 heavy (non-hydrogen) atoms. The van der Waals surface area contributed by atoms with Gasteiger partial charge in [-0.15, -0.1) is 0 Å². The molecule has 1 atom stereocenters. The van der Waals surface area contributed by atoms with E-state index < -0.39 is 11.9 Å². The lowest BCUT2D eigenvalue weighted by Crippen LogP contribution is -2.15. The Hall–Kier alpha value is -3.71. The number of ether oxygens (including phenoxy) is 1. The highest BCUT2D eigenvalue weighted by Crippen LogP contribution is 2.27. The van der Waals surface area contributed by atoms with E-state index in [1.54, 1.807) is 13.2 Å². The summed E-state index contributed by atoms with van der Waals surface area (Å²) in [6, 6.07) is 18.9. The molecule has 0 aliphatic heterocycles. The lowest BCUT2D eigenvalue weighted by molar-refractivity contribution is 0.102. The molecule has 2 aromatic carbocycles. The largest absolute Gasteiger partial charge is 0.496 e. The Kier molecular flexibility index (Phi) is 5.72. The number of carbonyl (C=O) groups excluding carboxylic acids is 1. The Morgan fingerprint density at radius 2 is 1.90 bits per heavy atom. The van der Waals surface area contributed by atoms with Gasteiger partial charge in [-0.25, -0.2) is 9.97 Å². The van der Waals surface area contributed by atoms with E-state index in [1.807, 2.05) is 54.6 Å². The highest BCUT2D eigenvalue weighted by molar-refractivity contribution is 6.03. The van der Waals surface area contributed by atoms with E-state index in [2.05, 4.69) is 15.3 Å². The number of carbonyl (C=O) groups is 1. The van der Waals surface area contributed by atoms with Gasteiger partial charge in [-0.1, -0.05) is 42.5 Å². The number of fused-ring (bicyclic) bond motifs is 1. The second-order valence-corrected chi connectivity index (χ2v) is 6.88. The van der Waals surface area contributed by atoms with Crippen molar-refractivity contribution < 1.29 is 13.9 Å². The summed E-state index contributed by atoms with van der Waals surface area (Å²) in [5.41, 5.74) is 8.25. The van der Waals surface area contributed by atoms with Gasteiger partial charge in [0.05, 0.1) is 18.7 Å². The Morgan fingerprint density at radius 1 is 1.13 bits per heavy atom. The number of aryl methyl sites for hydroxylation is 1. The molecule has 7 nitrogen and oxygen atoms in total. The number of aromatic nitrogens is 2. The van der Waals surface area contributed by atoms with E-state index in [9.17, 15) is 4.79 Å². The molecule has 0 saturated heterocycles. The van der Waals surface area contributed by atoms with Crippen molar-refractivity contribution in [2.45, 2.75) is 18.9 Å². The third-order valence-corrected chi connectivity index (χ3v) is 4.80. The van der Waals surface area contributed by atoms with Crippen LogP contribution in [0.1, 0.15) is 34.4 Å². The molecule has 0 spiro atoms. The summed E-state index contributed by atoms with van der Waals surface area (Å²) >= 11 is 0. The number of hydrogen-bond acceptors (Lipinski definition) is 6. The maximum Gasteiger partial charge on any atom is 0.278 e. The molecule has 0 saturated carbocycles. The molecule has 0 bridgehead atoms. The molecule has 152 valence electrons. The molecule has 2 aromatic heterocycles. The van der Waals surface area contributed by atoms with Crippen molar-refractivity contribution in [2.24, 2.45) is 5.73 Å². The fraction of sp³-hybridized carbons (Fsp3) is 0.174. The SMILES string of the molecule is COc1cc(NC(=O)c2coc(C(N)CCc3ccccc3)n2)nc2ccccc12. The van der Waals surface area contributed by atoms with Crippen LogP contribution in [0.15, 0.2) is 71.3 Å². The molecule has 4 rings (SSSR count). The van der Waals surface area contributed by atoms with Crippen LogP contribution in [0.2, 0.25) is 0 Å². The standard InChI is InChI=1S/C23H22N4O3/c1-29-20-13-21(25-18-10-6-5-9-16(18)20)27-22(28)19-14-30-23(26-19)17(24)12-11-15-7-3-2-4-8-15/h2-10,13-14,17H,11-12,24H2,1H3,(H,25,27,28). The number of nitrogens with zero attached hydrogens (tertiary/aromatic N) is 2. The molecular formula is C23H22N4O3. The molecule has 1 unspecified atom stereocenters. The van der Waals surface area contributed by atoms with Crippen molar-refractivity contribution in [3.63, 3.8) is 0 Å². The van der Waals surface area contributed by atoms with Gasteiger partial charge in [-0.3, -0.25) is 4.79 Å². The fourth-order valence-corrected chi connectivity index (χ4v) is 3.21. The zero-order valence-electron chi connectivity index (χ0n) is 16.5. The van der Waals surface area contributed by atoms with Crippen molar-refractivity contribution in [3.05, 3.63) is 84.1 Å². The molecule has 3 N–H and O–H groups in total. The molecule has 2 heterocycles. The Morgan fingerprint density at radius 3 is 2.70 bits per heavy atom. The summed E-state index contributed by atoms with van der Waals surface area (Å²) in [5, 5.41) is 3.61. The molecule has 0 aliphatic rings. The van der Waals surface area contributed by atoms with E-state index in [4.69, 9.17) is 14.9 Å². The average Bonchev–Trinajstić information content (AvgIpc) is 3.28. The highest BCUT2D eigenvalue weighted by atomic mass is 16.5. The lowest BCUT2D eigenvalue weighted by Gasteiger charge is -2.09. The number of methoxy groups -OCH3 is 1. The summed E-state index contributed by atoms with van der Waals surface area (Å²) in [4.78, 5) is 21.3. The van der Waals surface area contributed by atoms with Gasteiger partial charge in [0, 0.05) is 11.5 Å². The molecule has 4 aromatic rings. The number of nitrogens with one attached hydrogen (secondary N) is 1. The van der Waals surface area contributed by atoms with Crippen LogP contribution in [-0.2, 0) is 6.42 Å². The van der Waals surface area contributed by atoms with Crippen molar-refractivity contribution in [1.29, 1.82) is 0 Å². The minimum atomic E-state index is -0.426. The third kappa shape index (κ3) is 4.31. The third-order valence-electron chi connectivity index (χ3n) is 4.80. The van der Waals surface area contributed by atoms with Gasteiger partial charge < -0.3 is 20.2 Å². The summed E-state index contributed by atoms with van der Waals surface area (Å²) in [6.07, 6.45) is 2.77. The molecule has 0 radical (unpaired) electrons. The van der Waals surface area contributed by atoms with Crippen LogP contribution in [0, 0.1) is 0 Å². The van der Waals surface area contributed by atoms with E-state index in [-0.39, 0.29) is 5.69 Å². The first-order valence-electron chi connectivity index (χ1n) is 9.64. The van der Waals surface area contributed by atoms with Gasteiger partial charge in [-0.2, -0.15) is 0 Å². The fourth-order valence-electron chi connectivity index (χ4n) is 3.21. The van der Waals surface area contributed by atoms with Gasteiger partial charge in [0.25, 0.3) is 5.91 Å². The van der Waals surface area contributed by atoms with E-state index in [0.717, 1.165) is 17.3 Å². The van der Waals surface area contributed by atoms with E-state index in [0.29, 0.717) is 23.9 Å². The maximum atomic E-state index is 12.6.